The summed E-state index contributed by atoms with van der Waals surface area (Å²) < 4.78 is 10.3. The number of aromatic nitrogens is 2. The summed E-state index contributed by atoms with van der Waals surface area (Å²) in [7, 11) is 0. The second-order valence-corrected chi connectivity index (χ2v) is 4.67. The van der Waals surface area contributed by atoms with Crippen molar-refractivity contribution in [3.05, 3.63) is 41.2 Å². The molecule has 2 rings (SSSR count). The van der Waals surface area contributed by atoms with Crippen LogP contribution in [0, 0.1) is 6.92 Å². The first-order valence-electron chi connectivity index (χ1n) is 6.98. The topological polar surface area (TPSA) is 60.2 Å². The molecule has 1 unspecified atom stereocenters. The molecule has 0 saturated heterocycles. The number of nitrogens with one attached hydrogen (secondary N) is 1. The monoisotopic (exact) mass is 275 g/mol. The van der Waals surface area contributed by atoms with E-state index in [1.165, 1.54) is 5.56 Å². The van der Waals surface area contributed by atoms with Crippen molar-refractivity contribution >= 4 is 0 Å². The van der Waals surface area contributed by atoms with E-state index in [0.29, 0.717) is 12.6 Å². The first-order valence-corrected chi connectivity index (χ1v) is 6.98. The van der Waals surface area contributed by atoms with Gasteiger partial charge in [0, 0.05) is 6.04 Å². The Hall–Kier alpha value is -1.88. The zero-order valence-electron chi connectivity index (χ0n) is 12.2. The van der Waals surface area contributed by atoms with Crippen LogP contribution < -0.4 is 10.1 Å². The molecule has 1 aromatic carbocycles. The standard InChI is InChI=1S/C15H21N3O2/c1-4-14(16-5-2)12-6-8-13(9-7-12)19-10-15-11(3)17-20-18-15/h6-9,14,16H,4-5,10H2,1-3H3. The van der Waals surface area contributed by atoms with Crippen LogP contribution in [0.3, 0.4) is 0 Å². The number of nitrogens with zero attached hydrogens (tertiary/aromatic N) is 2. The smallest absolute Gasteiger partial charge is 0.145 e. The third-order valence-electron chi connectivity index (χ3n) is 3.26. The van der Waals surface area contributed by atoms with E-state index in [2.05, 4.69) is 46.2 Å². The molecule has 0 aliphatic heterocycles. The molecule has 0 amide bonds. The molecule has 0 radical (unpaired) electrons. The SMILES string of the molecule is CCNC(CC)c1ccc(OCc2nonc2C)cc1. The molecule has 1 atom stereocenters. The largest absolute Gasteiger partial charge is 0.487 e. The molecule has 5 heteroatoms. The average molecular weight is 275 g/mol. The van der Waals surface area contributed by atoms with Gasteiger partial charge in [-0.2, -0.15) is 0 Å². The molecule has 0 fully saturated rings. The Kier molecular flexibility index (Phi) is 5.12. The van der Waals surface area contributed by atoms with Crippen molar-refractivity contribution in [2.24, 2.45) is 0 Å². The predicted molar refractivity (Wildman–Crippen MR) is 76.5 cm³/mol. The molecule has 0 aliphatic rings. The summed E-state index contributed by atoms with van der Waals surface area (Å²) in [4.78, 5) is 0. The van der Waals surface area contributed by atoms with Crippen LogP contribution in [0.15, 0.2) is 28.9 Å². The molecular weight excluding hydrogens is 254 g/mol. The number of benzene rings is 1. The van der Waals surface area contributed by atoms with Gasteiger partial charge in [-0.05, 0) is 37.6 Å². The maximum absolute atomic E-state index is 5.68. The second-order valence-electron chi connectivity index (χ2n) is 4.67. The number of aryl methyl sites for hydroxylation is 1. The third-order valence-corrected chi connectivity index (χ3v) is 3.26. The number of rotatable bonds is 7. The number of hydrogen-bond acceptors (Lipinski definition) is 5. The first kappa shape index (κ1) is 14.5. The number of ether oxygens (including phenoxy) is 1. The molecule has 0 bridgehead atoms. The minimum absolute atomic E-state index is 0.374. The van der Waals surface area contributed by atoms with Gasteiger partial charge in [0.05, 0.1) is 0 Å². The summed E-state index contributed by atoms with van der Waals surface area (Å²) in [6.07, 6.45) is 1.07. The third kappa shape index (κ3) is 3.57. The lowest BCUT2D eigenvalue weighted by Crippen LogP contribution is -2.19. The van der Waals surface area contributed by atoms with Crippen LogP contribution in [0.2, 0.25) is 0 Å². The predicted octanol–water partition coefficient (Wildman–Crippen LogP) is 3.02. The van der Waals surface area contributed by atoms with Crippen LogP contribution in [-0.4, -0.2) is 16.9 Å². The minimum Gasteiger partial charge on any atom is -0.487 e. The van der Waals surface area contributed by atoms with Gasteiger partial charge in [0.2, 0.25) is 0 Å². The fourth-order valence-corrected chi connectivity index (χ4v) is 2.07. The van der Waals surface area contributed by atoms with E-state index < -0.39 is 0 Å². The normalized spacial score (nSPS) is 12.3. The molecule has 1 heterocycles. The van der Waals surface area contributed by atoms with Crippen LogP contribution in [0.5, 0.6) is 5.75 Å². The summed E-state index contributed by atoms with van der Waals surface area (Å²) in [6, 6.07) is 8.56. The van der Waals surface area contributed by atoms with E-state index in [-0.39, 0.29) is 0 Å². The van der Waals surface area contributed by atoms with Gasteiger partial charge in [-0.1, -0.05) is 36.3 Å². The molecule has 0 aliphatic carbocycles. The lowest BCUT2D eigenvalue weighted by Gasteiger charge is -2.16. The van der Waals surface area contributed by atoms with E-state index in [0.717, 1.165) is 30.1 Å². The Morgan fingerprint density at radius 1 is 1.20 bits per heavy atom. The highest BCUT2D eigenvalue weighted by Crippen LogP contribution is 2.20. The van der Waals surface area contributed by atoms with Crippen molar-refractivity contribution in [2.45, 2.75) is 39.8 Å². The highest BCUT2D eigenvalue weighted by Gasteiger charge is 2.08. The van der Waals surface area contributed by atoms with Crippen molar-refractivity contribution in [2.75, 3.05) is 6.54 Å². The van der Waals surface area contributed by atoms with Crippen LogP contribution in [0.25, 0.3) is 0 Å². The summed E-state index contributed by atoms with van der Waals surface area (Å²) in [5.41, 5.74) is 2.77. The Morgan fingerprint density at radius 2 is 1.95 bits per heavy atom. The van der Waals surface area contributed by atoms with Gasteiger partial charge < -0.3 is 10.1 Å². The van der Waals surface area contributed by atoms with Crippen molar-refractivity contribution in [3.8, 4) is 5.75 Å². The lowest BCUT2D eigenvalue weighted by molar-refractivity contribution is 0.270. The second kappa shape index (κ2) is 7.05. The van der Waals surface area contributed by atoms with Crippen molar-refractivity contribution in [3.63, 3.8) is 0 Å². The highest BCUT2D eigenvalue weighted by molar-refractivity contribution is 5.29. The quantitative estimate of drug-likeness (QED) is 0.841. The highest BCUT2D eigenvalue weighted by atomic mass is 16.6. The van der Waals surface area contributed by atoms with Gasteiger partial charge in [-0.25, -0.2) is 4.63 Å². The van der Waals surface area contributed by atoms with E-state index in [4.69, 9.17) is 4.74 Å². The maximum Gasteiger partial charge on any atom is 0.145 e. The number of hydrogen-bond donors (Lipinski definition) is 1. The molecule has 2 aromatic rings. The van der Waals surface area contributed by atoms with Crippen molar-refractivity contribution in [1.29, 1.82) is 0 Å². The molecule has 20 heavy (non-hydrogen) atoms. The average Bonchev–Trinajstić information content (AvgIpc) is 2.89. The van der Waals surface area contributed by atoms with Gasteiger partial charge in [-0.15, -0.1) is 0 Å². The van der Waals surface area contributed by atoms with E-state index >= 15 is 0 Å². The van der Waals surface area contributed by atoms with E-state index in [1.807, 2.05) is 19.1 Å². The zero-order valence-corrected chi connectivity index (χ0v) is 12.2. The fraction of sp³-hybridized carbons (Fsp3) is 0.467. The van der Waals surface area contributed by atoms with Crippen LogP contribution in [0.4, 0.5) is 0 Å². The van der Waals surface area contributed by atoms with Crippen molar-refractivity contribution < 1.29 is 9.37 Å². The Labute approximate surface area is 119 Å². The Bertz CT molecular complexity index is 522. The van der Waals surface area contributed by atoms with Gasteiger partial charge in [0.25, 0.3) is 0 Å². The molecule has 5 nitrogen and oxygen atoms in total. The molecule has 108 valence electrons. The van der Waals surface area contributed by atoms with Gasteiger partial charge >= 0.3 is 0 Å². The summed E-state index contributed by atoms with van der Waals surface area (Å²) >= 11 is 0. The summed E-state index contributed by atoms with van der Waals surface area (Å²) in [5.74, 6) is 0.822. The van der Waals surface area contributed by atoms with Gasteiger partial charge in [-0.3, -0.25) is 0 Å². The van der Waals surface area contributed by atoms with Crippen molar-refractivity contribution in [1.82, 2.24) is 15.6 Å². The van der Waals surface area contributed by atoms with Gasteiger partial charge in [0.1, 0.15) is 23.7 Å². The molecular formula is C15H21N3O2. The van der Waals surface area contributed by atoms with E-state index in [1.54, 1.807) is 0 Å². The lowest BCUT2D eigenvalue weighted by atomic mass is 10.0. The first-order chi connectivity index (χ1) is 9.74. The summed E-state index contributed by atoms with van der Waals surface area (Å²) in [5, 5.41) is 11.0. The van der Waals surface area contributed by atoms with Crippen LogP contribution in [-0.2, 0) is 6.61 Å². The zero-order chi connectivity index (χ0) is 14.4. The molecule has 0 saturated carbocycles. The van der Waals surface area contributed by atoms with Gasteiger partial charge in [0.15, 0.2) is 0 Å². The molecule has 1 N–H and O–H groups in total. The van der Waals surface area contributed by atoms with Crippen LogP contribution in [0.1, 0.15) is 43.3 Å². The fourth-order valence-electron chi connectivity index (χ4n) is 2.07. The Balaban J connectivity index is 1.96. The van der Waals surface area contributed by atoms with Crippen LogP contribution >= 0.6 is 0 Å². The maximum atomic E-state index is 5.68. The molecule has 0 spiro atoms. The minimum atomic E-state index is 0.374. The Morgan fingerprint density at radius 3 is 2.50 bits per heavy atom. The molecule has 1 aromatic heterocycles. The summed E-state index contributed by atoms with van der Waals surface area (Å²) in [6.45, 7) is 7.49. The van der Waals surface area contributed by atoms with E-state index in [9.17, 15) is 0 Å².